The minimum atomic E-state index is -0.0728. The molecule has 0 amide bonds. The Hall–Kier alpha value is -1.48. The Morgan fingerprint density at radius 2 is 2.11 bits per heavy atom. The van der Waals surface area contributed by atoms with Crippen molar-refractivity contribution in [1.29, 1.82) is 0 Å². The predicted molar refractivity (Wildman–Crippen MR) is 73.8 cm³/mol. The van der Waals surface area contributed by atoms with Crippen molar-refractivity contribution in [3.63, 3.8) is 0 Å². The van der Waals surface area contributed by atoms with Gasteiger partial charge in [0.2, 0.25) is 0 Å². The van der Waals surface area contributed by atoms with Crippen molar-refractivity contribution in [2.45, 2.75) is 33.2 Å². The summed E-state index contributed by atoms with van der Waals surface area (Å²) in [5.41, 5.74) is 6.92. The van der Waals surface area contributed by atoms with Crippen molar-refractivity contribution in [3.8, 4) is 5.75 Å². The molecule has 3 heteroatoms. The van der Waals surface area contributed by atoms with Crippen LogP contribution >= 0.6 is 0 Å². The lowest BCUT2D eigenvalue weighted by molar-refractivity contribution is 0.314. The molecule has 1 aromatic carbocycles. The molecule has 0 radical (unpaired) electrons. The van der Waals surface area contributed by atoms with Gasteiger partial charge in [0.25, 0.3) is 0 Å². The molecule has 2 N–H and O–H groups in total. The van der Waals surface area contributed by atoms with Crippen LogP contribution < -0.4 is 10.5 Å². The molecule has 3 nitrogen and oxygen atoms in total. The molecule has 0 aliphatic rings. The van der Waals surface area contributed by atoms with E-state index in [1.54, 1.807) is 0 Å². The van der Waals surface area contributed by atoms with Gasteiger partial charge in [-0.05, 0) is 24.5 Å². The number of hydrogen-bond donors (Lipinski definition) is 1. The lowest BCUT2D eigenvalue weighted by Crippen LogP contribution is -2.15. The van der Waals surface area contributed by atoms with Gasteiger partial charge >= 0.3 is 0 Å². The number of para-hydroxylation sites is 1. The summed E-state index contributed by atoms with van der Waals surface area (Å²) >= 11 is 0. The fraction of sp³-hybridized carbons (Fsp3) is 0.467. The van der Waals surface area contributed by atoms with E-state index in [1.165, 1.54) is 0 Å². The highest BCUT2D eigenvalue weighted by molar-refractivity contribution is 5.83. The highest BCUT2D eigenvalue weighted by Gasteiger charge is 2.17. The molecule has 18 heavy (non-hydrogen) atoms. The maximum atomic E-state index is 6.12. The van der Waals surface area contributed by atoms with E-state index in [9.17, 15) is 0 Å². The third-order valence-electron chi connectivity index (χ3n) is 3.04. The number of furan rings is 1. The smallest absolute Gasteiger partial charge is 0.176 e. The molecule has 0 aliphatic carbocycles. The van der Waals surface area contributed by atoms with Crippen molar-refractivity contribution in [2.24, 2.45) is 11.7 Å². The van der Waals surface area contributed by atoms with Gasteiger partial charge in [0.05, 0.1) is 12.6 Å². The Labute approximate surface area is 108 Å². The second kappa shape index (κ2) is 5.44. The molecule has 2 aromatic rings. The van der Waals surface area contributed by atoms with E-state index < -0.39 is 0 Å². The standard InChI is InChI=1S/C15H21NO2/c1-4-8-17-12-7-5-6-11-9-13(18-15(11)12)14(16)10(2)3/h5-7,9-10,14H,4,8,16H2,1-3H3. The highest BCUT2D eigenvalue weighted by atomic mass is 16.5. The maximum Gasteiger partial charge on any atom is 0.176 e. The van der Waals surface area contributed by atoms with Crippen LogP contribution in [0.25, 0.3) is 11.0 Å². The number of nitrogens with two attached hydrogens (primary N) is 1. The second-order valence-electron chi connectivity index (χ2n) is 4.94. The number of ether oxygens (including phenoxy) is 1. The van der Waals surface area contributed by atoms with Gasteiger partial charge in [0.1, 0.15) is 5.76 Å². The van der Waals surface area contributed by atoms with Crippen LogP contribution in [0, 0.1) is 5.92 Å². The largest absolute Gasteiger partial charge is 0.490 e. The summed E-state index contributed by atoms with van der Waals surface area (Å²) in [6.07, 6.45) is 0.982. The Morgan fingerprint density at radius 1 is 1.33 bits per heavy atom. The Morgan fingerprint density at radius 3 is 2.78 bits per heavy atom. The van der Waals surface area contributed by atoms with Crippen LogP contribution in [-0.2, 0) is 0 Å². The Kier molecular flexibility index (Phi) is 3.92. The molecule has 1 atom stereocenters. The summed E-state index contributed by atoms with van der Waals surface area (Å²) in [7, 11) is 0. The highest BCUT2D eigenvalue weighted by Crippen LogP contribution is 2.32. The van der Waals surface area contributed by atoms with E-state index in [1.807, 2.05) is 24.3 Å². The van der Waals surface area contributed by atoms with Crippen LogP contribution in [0.3, 0.4) is 0 Å². The fourth-order valence-electron chi connectivity index (χ4n) is 1.87. The van der Waals surface area contributed by atoms with Gasteiger partial charge in [-0.25, -0.2) is 0 Å². The van der Waals surface area contributed by atoms with E-state index in [-0.39, 0.29) is 6.04 Å². The summed E-state index contributed by atoms with van der Waals surface area (Å²) in [6.45, 7) is 6.96. The third-order valence-corrected chi connectivity index (χ3v) is 3.04. The van der Waals surface area contributed by atoms with Gasteiger partial charge in [-0.1, -0.05) is 32.9 Å². The molecule has 1 aromatic heterocycles. The van der Waals surface area contributed by atoms with Gasteiger partial charge in [-0.3, -0.25) is 0 Å². The van der Waals surface area contributed by atoms with E-state index in [0.717, 1.165) is 28.9 Å². The lowest BCUT2D eigenvalue weighted by Gasteiger charge is -2.11. The van der Waals surface area contributed by atoms with E-state index >= 15 is 0 Å². The molecule has 0 saturated carbocycles. The normalized spacial score (nSPS) is 13.2. The van der Waals surface area contributed by atoms with Crippen molar-refractivity contribution in [1.82, 2.24) is 0 Å². The van der Waals surface area contributed by atoms with Gasteiger partial charge < -0.3 is 14.9 Å². The Bertz CT molecular complexity index is 516. The van der Waals surface area contributed by atoms with Crippen LogP contribution in [0.4, 0.5) is 0 Å². The first kappa shape index (κ1) is 13.0. The zero-order valence-corrected chi connectivity index (χ0v) is 11.3. The van der Waals surface area contributed by atoms with Crippen molar-refractivity contribution in [3.05, 3.63) is 30.0 Å². The number of benzene rings is 1. The van der Waals surface area contributed by atoms with Gasteiger partial charge in [-0.15, -0.1) is 0 Å². The molecule has 1 unspecified atom stereocenters. The fourth-order valence-corrected chi connectivity index (χ4v) is 1.87. The SMILES string of the molecule is CCCOc1cccc2cc(C(N)C(C)C)oc12. The summed E-state index contributed by atoms with van der Waals surface area (Å²) in [6, 6.07) is 7.88. The molecule has 0 aliphatic heterocycles. The minimum Gasteiger partial charge on any atom is -0.490 e. The molecule has 0 bridgehead atoms. The van der Waals surface area contributed by atoms with Crippen LogP contribution in [0.1, 0.15) is 39.0 Å². The van der Waals surface area contributed by atoms with Gasteiger partial charge in [-0.2, -0.15) is 0 Å². The predicted octanol–water partition coefficient (Wildman–Crippen LogP) is 3.88. The molecular formula is C15H21NO2. The maximum absolute atomic E-state index is 6.12. The molecule has 98 valence electrons. The van der Waals surface area contributed by atoms with Crippen LogP contribution in [0.15, 0.2) is 28.7 Å². The summed E-state index contributed by atoms with van der Waals surface area (Å²) < 4.78 is 11.6. The lowest BCUT2D eigenvalue weighted by atomic mass is 10.0. The van der Waals surface area contributed by atoms with Crippen LogP contribution in [-0.4, -0.2) is 6.61 Å². The van der Waals surface area contributed by atoms with Gasteiger partial charge in [0, 0.05) is 5.39 Å². The summed E-state index contributed by atoms with van der Waals surface area (Å²) in [5, 5.41) is 1.05. The average Bonchev–Trinajstić information content (AvgIpc) is 2.79. The summed E-state index contributed by atoms with van der Waals surface area (Å²) in [4.78, 5) is 0. The molecular weight excluding hydrogens is 226 g/mol. The molecule has 1 heterocycles. The molecule has 0 fully saturated rings. The number of rotatable bonds is 5. The summed E-state index contributed by atoms with van der Waals surface area (Å²) in [5.74, 6) is 1.98. The molecule has 2 rings (SSSR count). The van der Waals surface area contributed by atoms with E-state index in [2.05, 4.69) is 20.8 Å². The third kappa shape index (κ3) is 2.51. The van der Waals surface area contributed by atoms with Crippen molar-refractivity contribution < 1.29 is 9.15 Å². The zero-order chi connectivity index (χ0) is 13.1. The number of hydrogen-bond acceptors (Lipinski definition) is 3. The van der Waals surface area contributed by atoms with Crippen LogP contribution in [0.2, 0.25) is 0 Å². The van der Waals surface area contributed by atoms with Crippen molar-refractivity contribution in [2.75, 3.05) is 6.61 Å². The Balaban J connectivity index is 2.38. The number of fused-ring (bicyclic) bond motifs is 1. The zero-order valence-electron chi connectivity index (χ0n) is 11.3. The van der Waals surface area contributed by atoms with Crippen LogP contribution in [0.5, 0.6) is 5.75 Å². The topological polar surface area (TPSA) is 48.4 Å². The monoisotopic (exact) mass is 247 g/mol. The first-order valence-corrected chi connectivity index (χ1v) is 6.54. The first-order chi connectivity index (χ1) is 8.63. The molecule has 0 spiro atoms. The molecule has 0 saturated heterocycles. The van der Waals surface area contributed by atoms with E-state index in [0.29, 0.717) is 12.5 Å². The quantitative estimate of drug-likeness (QED) is 0.872. The van der Waals surface area contributed by atoms with Gasteiger partial charge in [0.15, 0.2) is 11.3 Å². The average molecular weight is 247 g/mol. The first-order valence-electron chi connectivity index (χ1n) is 6.54. The second-order valence-corrected chi connectivity index (χ2v) is 4.94. The van der Waals surface area contributed by atoms with E-state index in [4.69, 9.17) is 14.9 Å². The minimum absolute atomic E-state index is 0.0728. The van der Waals surface area contributed by atoms with Crippen molar-refractivity contribution >= 4 is 11.0 Å².